The van der Waals surface area contributed by atoms with Gasteiger partial charge in [0.2, 0.25) is 0 Å². The summed E-state index contributed by atoms with van der Waals surface area (Å²) in [6.45, 7) is 0. The summed E-state index contributed by atoms with van der Waals surface area (Å²) in [4.78, 5) is 0. The first kappa shape index (κ1) is 19.2. The fourth-order valence-electron chi connectivity index (χ4n) is 4.73. The van der Waals surface area contributed by atoms with Crippen molar-refractivity contribution in [3.05, 3.63) is 71.8 Å². The van der Waals surface area contributed by atoms with Gasteiger partial charge in [-0.15, -0.1) is 0 Å². The van der Waals surface area contributed by atoms with Gasteiger partial charge in [-0.1, -0.05) is 67.1 Å². The third-order valence-electron chi connectivity index (χ3n) is 6.15. The van der Waals surface area contributed by atoms with Crippen LogP contribution in [0.1, 0.15) is 49.3 Å². The summed E-state index contributed by atoms with van der Waals surface area (Å²) in [7, 11) is 1.64. The van der Waals surface area contributed by atoms with Crippen LogP contribution in [0.25, 0.3) is 0 Å². The zero-order valence-corrected chi connectivity index (χ0v) is 16.7. The Morgan fingerprint density at radius 2 is 1.34 bits per heavy atom. The summed E-state index contributed by atoms with van der Waals surface area (Å²) in [6.07, 6.45) is 3.45. The molecule has 3 fully saturated rings. The molecule has 3 aliphatic rings. The fourth-order valence-corrected chi connectivity index (χ4v) is 4.73. The van der Waals surface area contributed by atoms with E-state index in [9.17, 15) is 0 Å². The van der Waals surface area contributed by atoms with Crippen LogP contribution in [0.2, 0.25) is 0 Å². The van der Waals surface area contributed by atoms with Crippen LogP contribution in [-0.2, 0) is 23.7 Å². The quantitative estimate of drug-likeness (QED) is 0.741. The molecule has 2 saturated heterocycles. The van der Waals surface area contributed by atoms with Gasteiger partial charge >= 0.3 is 0 Å². The van der Waals surface area contributed by atoms with E-state index in [2.05, 4.69) is 24.3 Å². The molecule has 0 aromatic heterocycles. The standard InChI is InChI=1S/C24H28O5/c1-25-22-20-21(29-24(28-20)15-9-4-10-16-24)23(27-22)26-19(17-11-5-2-6-12-17)18-13-7-3-8-14-18/h2-3,5-8,11-14,19-23H,4,9-10,15-16H2,1H3. The molecule has 5 rings (SSSR count). The average molecular weight is 396 g/mol. The second kappa shape index (κ2) is 8.17. The lowest BCUT2D eigenvalue weighted by atomic mass is 9.94. The molecule has 4 unspecified atom stereocenters. The first-order valence-electron chi connectivity index (χ1n) is 10.6. The third-order valence-corrected chi connectivity index (χ3v) is 6.15. The van der Waals surface area contributed by atoms with Crippen LogP contribution < -0.4 is 0 Å². The molecular formula is C24H28O5. The summed E-state index contributed by atoms with van der Waals surface area (Å²) >= 11 is 0. The van der Waals surface area contributed by atoms with Crippen molar-refractivity contribution in [1.82, 2.24) is 0 Å². The number of hydrogen-bond acceptors (Lipinski definition) is 5. The first-order valence-corrected chi connectivity index (χ1v) is 10.6. The lowest BCUT2D eigenvalue weighted by molar-refractivity contribution is -0.290. The van der Waals surface area contributed by atoms with Gasteiger partial charge in [-0.3, -0.25) is 0 Å². The maximum atomic E-state index is 6.56. The maximum absolute atomic E-state index is 6.56. The van der Waals surface area contributed by atoms with Crippen molar-refractivity contribution in [2.75, 3.05) is 7.11 Å². The van der Waals surface area contributed by atoms with Crippen LogP contribution in [0, 0.1) is 0 Å². The molecule has 1 spiro atoms. The lowest BCUT2D eigenvalue weighted by Crippen LogP contribution is -2.38. The van der Waals surface area contributed by atoms with Gasteiger partial charge in [0, 0.05) is 20.0 Å². The van der Waals surface area contributed by atoms with Crippen molar-refractivity contribution in [2.45, 2.75) is 68.8 Å². The highest BCUT2D eigenvalue weighted by atomic mass is 16.8. The van der Waals surface area contributed by atoms with Gasteiger partial charge in [0.25, 0.3) is 0 Å². The monoisotopic (exact) mass is 396 g/mol. The predicted molar refractivity (Wildman–Crippen MR) is 107 cm³/mol. The molecule has 0 N–H and O–H groups in total. The lowest BCUT2D eigenvalue weighted by Gasteiger charge is -2.34. The summed E-state index contributed by atoms with van der Waals surface area (Å²) in [6, 6.07) is 20.4. The average Bonchev–Trinajstić information content (AvgIpc) is 3.29. The smallest absolute Gasteiger partial charge is 0.190 e. The van der Waals surface area contributed by atoms with Crippen molar-refractivity contribution in [1.29, 1.82) is 0 Å². The van der Waals surface area contributed by atoms with E-state index in [0.717, 1.165) is 36.8 Å². The first-order chi connectivity index (χ1) is 14.3. The SMILES string of the molecule is COC1OC(OC(c2ccccc2)c2ccccc2)C2OC3(CCCCC3)OC12. The number of benzene rings is 2. The van der Waals surface area contributed by atoms with Gasteiger partial charge in [0.15, 0.2) is 18.4 Å². The van der Waals surface area contributed by atoms with Gasteiger partial charge in [0.1, 0.15) is 18.3 Å². The van der Waals surface area contributed by atoms with Crippen molar-refractivity contribution < 1.29 is 23.7 Å². The minimum Gasteiger partial charge on any atom is -0.353 e. The molecule has 2 aliphatic heterocycles. The second-order valence-corrected chi connectivity index (χ2v) is 8.08. The highest BCUT2D eigenvalue weighted by Gasteiger charge is 2.59. The Morgan fingerprint density at radius 1 is 0.793 bits per heavy atom. The molecule has 5 nitrogen and oxygen atoms in total. The summed E-state index contributed by atoms with van der Waals surface area (Å²) < 4.78 is 31.1. The minimum atomic E-state index is -0.559. The van der Waals surface area contributed by atoms with Crippen LogP contribution in [0.3, 0.4) is 0 Å². The van der Waals surface area contributed by atoms with E-state index in [0.29, 0.717) is 0 Å². The van der Waals surface area contributed by atoms with Crippen LogP contribution in [-0.4, -0.2) is 37.7 Å². The molecule has 4 atom stereocenters. The van der Waals surface area contributed by atoms with Crippen molar-refractivity contribution in [2.24, 2.45) is 0 Å². The van der Waals surface area contributed by atoms with E-state index in [1.54, 1.807) is 7.11 Å². The highest BCUT2D eigenvalue weighted by Crippen LogP contribution is 2.47. The second-order valence-electron chi connectivity index (χ2n) is 8.08. The van der Waals surface area contributed by atoms with E-state index in [4.69, 9.17) is 23.7 Å². The summed E-state index contributed by atoms with van der Waals surface area (Å²) in [5.41, 5.74) is 2.15. The number of rotatable bonds is 5. The predicted octanol–water partition coefficient (Wildman–Crippen LogP) is 4.57. The van der Waals surface area contributed by atoms with Gasteiger partial charge in [-0.05, 0) is 24.0 Å². The van der Waals surface area contributed by atoms with Crippen LogP contribution in [0.5, 0.6) is 0 Å². The Morgan fingerprint density at radius 3 is 1.90 bits per heavy atom. The normalized spacial score (nSPS) is 30.7. The molecule has 1 aliphatic carbocycles. The molecule has 0 amide bonds. The van der Waals surface area contributed by atoms with E-state index >= 15 is 0 Å². The minimum absolute atomic E-state index is 0.259. The summed E-state index contributed by atoms with van der Waals surface area (Å²) in [5.74, 6) is -0.509. The molecule has 2 heterocycles. The van der Waals surface area contributed by atoms with Crippen LogP contribution >= 0.6 is 0 Å². The largest absolute Gasteiger partial charge is 0.353 e. The van der Waals surface area contributed by atoms with Gasteiger partial charge in [-0.2, -0.15) is 0 Å². The third kappa shape index (κ3) is 3.74. The molecule has 0 bridgehead atoms. The van der Waals surface area contributed by atoms with E-state index in [-0.39, 0.29) is 18.3 Å². The van der Waals surface area contributed by atoms with Crippen LogP contribution in [0.4, 0.5) is 0 Å². The van der Waals surface area contributed by atoms with E-state index < -0.39 is 18.4 Å². The number of fused-ring (bicyclic) bond motifs is 1. The Balaban J connectivity index is 1.41. The van der Waals surface area contributed by atoms with Crippen molar-refractivity contribution in [3.63, 3.8) is 0 Å². The molecule has 2 aromatic rings. The number of ether oxygens (including phenoxy) is 5. The van der Waals surface area contributed by atoms with Crippen molar-refractivity contribution >= 4 is 0 Å². The zero-order chi connectivity index (χ0) is 19.7. The fraction of sp³-hybridized carbons (Fsp3) is 0.500. The summed E-state index contributed by atoms with van der Waals surface area (Å²) in [5, 5.41) is 0. The topological polar surface area (TPSA) is 46.2 Å². The molecule has 154 valence electrons. The zero-order valence-electron chi connectivity index (χ0n) is 16.7. The van der Waals surface area contributed by atoms with Gasteiger partial charge in [0.05, 0.1) is 0 Å². The molecular weight excluding hydrogens is 368 g/mol. The van der Waals surface area contributed by atoms with Crippen molar-refractivity contribution in [3.8, 4) is 0 Å². The molecule has 29 heavy (non-hydrogen) atoms. The van der Waals surface area contributed by atoms with Gasteiger partial charge < -0.3 is 23.7 Å². The highest BCUT2D eigenvalue weighted by molar-refractivity contribution is 5.30. The van der Waals surface area contributed by atoms with E-state index in [1.165, 1.54) is 6.42 Å². The Bertz CT molecular complexity index is 750. The number of hydrogen-bond donors (Lipinski definition) is 0. The van der Waals surface area contributed by atoms with Crippen LogP contribution in [0.15, 0.2) is 60.7 Å². The number of methoxy groups -OCH3 is 1. The molecule has 0 radical (unpaired) electrons. The van der Waals surface area contributed by atoms with Gasteiger partial charge in [-0.25, -0.2) is 0 Å². The molecule has 5 heteroatoms. The molecule has 2 aromatic carbocycles. The Labute approximate surface area is 171 Å². The Kier molecular flexibility index (Phi) is 5.41. The maximum Gasteiger partial charge on any atom is 0.190 e. The Hall–Kier alpha value is -1.76. The molecule has 1 saturated carbocycles. The van der Waals surface area contributed by atoms with E-state index in [1.807, 2.05) is 36.4 Å².